The van der Waals surface area contributed by atoms with Crippen molar-refractivity contribution in [1.82, 2.24) is 5.32 Å². The maximum Gasteiger partial charge on any atom is 0.128 e. The van der Waals surface area contributed by atoms with Crippen molar-refractivity contribution in [2.45, 2.75) is 50.7 Å². The third-order valence-corrected chi connectivity index (χ3v) is 5.39. The molecule has 4 heteroatoms. The van der Waals surface area contributed by atoms with Crippen molar-refractivity contribution in [2.75, 3.05) is 5.32 Å². The topological polar surface area (TPSA) is 62.4 Å². The first-order valence-corrected chi connectivity index (χ1v) is 9.27. The van der Waals surface area contributed by atoms with Crippen molar-refractivity contribution in [3.8, 4) is 0 Å². The first-order chi connectivity index (χ1) is 12.3. The highest BCUT2D eigenvalue weighted by molar-refractivity contribution is 6.00. The number of aliphatic imine (C=N–C) groups is 1. The third-order valence-electron chi connectivity index (χ3n) is 5.39. The molecule has 1 saturated carbocycles. The van der Waals surface area contributed by atoms with E-state index in [4.69, 9.17) is 10.7 Å². The Labute approximate surface area is 149 Å². The number of para-hydroxylation sites is 2. The normalized spacial score (nSPS) is 18.2. The molecule has 4 rings (SSSR count). The fraction of sp³-hybridized carbons (Fsp3) is 0.381. The van der Waals surface area contributed by atoms with E-state index in [1.54, 1.807) is 0 Å². The summed E-state index contributed by atoms with van der Waals surface area (Å²) in [6.07, 6.45) is 6.10. The summed E-state index contributed by atoms with van der Waals surface area (Å²) in [4.78, 5) is 4.99. The van der Waals surface area contributed by atoms with Gasteiger partial charge in [-0.1, -0.05) is 55.7 Å². The summed E-state index contributed by atoms with van der Waals surface area (Å²) in [5, 5.41) is 7.44. The molecule has 4 nitrogen and oxygen atoms in total. The maximum atomic E-state index is 5.69. The molecule has 1 heterocycles. The zero-order valence-electron chi connectivity index (χ0n) is 14.6. The van der Waals surface area contributed by atoms with E-state index < -0.39 is 0 Å². The van der Waals surface area contributed by atoms with Crippen LogP contribution in [-0.2, 0) is 13.1 Å². The van der Waals surface area contributed by atoms with E-state index in [2.05, 4.69) is 53.1 Å². The van der Waals surface area contributed by atoms with Crippen molar-refractivity contribution in [3.05, 3.63) is 59.7 Å². The minimum atomic E-state index is -0.0379. The summed E-state index contributed by atoms with van der Waals surface area (Å²) in [5.41, 5.74) is 10.3. The average Bonchev–Trinajstić information content (AvgIpc) is 2.67. The van der Waals surface area contributed by atoms with E-state index in [9.17, 15) is 0 Å². The van der Waals surface area contributed by atoms with Gasteiger partial charge in [0.1, 0.15) is 5.84 Å². The van der Waals surface area contributed by atoms with Gasteiger partial charge in [0.25, 0.3) is 0 Å². The molecule has 0 radical (unpaired) electrons. The summed E-state index contributed by atoms with van der Waals surface area (Å²) in [7, 11) is 0. The first kappa shape index (κ1) is 16.2. The molecule has 2 aromatic carbocycles. The SMILES string of the molecule is NCc1ccc(CNC2=Nc3ccccc3NC23CCCCC3)cc1. The number of anilines is 1. The Bertz CT molecular complexity index is 758. The van der Waals surface area contributed by atoms with Crippen LogP contribution in [-0.4, -0.2) is 11.4 Å². The zero-order chi connectivity index (χ0) is 17.1. The predicted octanol–water partition coefficient (Wildman–Crippen LogP) is 4.09. The summed E-state index contributed by atoms with van der Waals surface area (Å²) in [5.74, 6) is 1.09. The minimum absolute atomic E-state index is 0.0379. The molecule has 2 aromatic rings. The zero-order valence-corrected chi connectivity index (χ0v) is 14.6. The van der Waals surface area contributed by atoms with Crippen molar-refractivity contribution in [2.24, 2.45) is 10.7 Å². The summed E-state index contributed by atoms with van der Waals surface area (Å²) >= 11 is 0. The molecule has 0 saturated heterocycles. The van der Waals surface area contributed by atoms with Gasteiger partial charge in [0.15, 0.2) is 0 Å². The quantitative estimate of drug-likeness (QED) is 0.792. The van der Waals surface area contributed by atoms with Crippen molar-refractivity contribution in [1.29, 1.82) is 0 Å². The molecule has 0 bridgehead atoms. The van der Waals surface area contributed by atoms with Gasteiger partial charge in [-0.05, 0) is 36.1 Å². The van der Waals surface area contributed by atoms with E-state index in [0.717, 1.165) is 42.2 Å². The van der Waals surface area contributed by atoms with Crippen LogP contribution in [0.4, 0.5) is 11.4 Å². The fourth-order valence-electron chi connectivity index (χ4n) is 3.93. The average molecular weight is 334 g/mol. The number of benzene rings is 2. The molecule has 0 unspecified atom stereocenters. The lowest BCUT2D eigenvalue weighted by Crippen LogP contribution is -2.54. The van der Waals surface area contributed by atoms with E-state index >= 15 is 0 Å². The lowest BCUT2D eigenvalue weighted by Gasteiger charge is -2.42. The van der Waals surface area contributed by atoms with Crippen molar-refractivity contribution < 1.29 is 0 Å². The summed E-state index contributed by atoms with van der Waals surface area (Å²) in [6, 6.07) is 16.8. The van der Waals surface area contributed by atoms with Crippen LogP contribution in [0.15, 0.2) is 53.5 Å². The van der Waals surface area contributed by atoms with Gasteiger partial charge in [-0.3, -0.25) is 0 Å². The minimum Gasteiger partial charge on any atom is -0.371 e. The molecule has 2 aliphatic rings. The molecule has 1 fully saturated rings. The summed E-state index contributed by atoms with van der Waals surface area (Å²) in [6.45, 7) is 1.37. The first-order valence-electron chi connectivity index (χ1n) is 9.27. The maximum absolute atomic E-state index is 5.69. The number of fused-ring (bicyclic) bond motifs is 1. The van der Waals surface area contributed by atoms with Crippen LogP contribution in [0.25, 0.3) is 0 Å². The van der Waals surface area contributed by atoms with Crippen molar-refractivity contribution in [3.63, 3.8) is 0 Å². The molecular weight excluding hydrogens is 308 g/mol. The summed E-state index contributed by atoms with van der Waals surface area (Å²) < 4.78 is 0. The number of hydrogen-bond donors (Lipinski definition) is 3. The Morgan fingerprint density at radius 2 is 1.68 bits per heavy atom. The van der Waals surface area contributed by atoms with Crippen LogP contribution in [0.3, 0.4) is 0 Å². The highest BCUT2D eigenvalue weighted by atomic mass is 15.2. The fourth-order valence-corrected chi connectivity index (χ4v) is 3.93. The largest absolute Gasteiger partial charge is 0.371 e. The van der Waals surface area contributed by atoms with E-state index in [1.165, 1.54) is 24.8 Å². The molecule has 130 valence electrons. The van der Waals surface area contributed by atoms with Gasteiger partial charge in [-0.25, -0.2) is 4.99 Å². The molecule has 0 atom stereocenters. The lowest BCUT2D eigenvalue weighted by atomic mass is 9.79. The van der Waals surface area contributed by atoms with Crippen LogP contribution in [0.5, 0.6) is 0 Å². The van der Waals surface area contributed by atoms with Gasteiger partial charge in [-0.15, -0.1) is 0 Å². The van der Waals surface area contributed by atoms with Crippen LogP contribution in [0.1, 0.15) is 43.2 Å². The second kappa shape index (κ2) is 6.89. The standard InChI is InChI=1S/C21H26N4/c22-14-16-8-10-17(11-9-16)15-23-20-21(12-4-1-5-13-21)25-19-7-3-2-6-18(19)24-20/h2-3,6-11,25H,1,4-5,12-15,22H2,(H,23,24). The molecule has 4 N–H and O–H groups in total. The third kappa shape index (κ3) is 3.27. The lowest BCUT2D eigenvalue weighted by molar-refractivity contribution is 0.396. The Kier molecular flexibility index (Phi) is 4.45. The Morgan fingerprint density at radius 3 is 2.44 bits per heavy atom. The predicted molar refractivity (Wildman–Crippen MR) is 104 cm³/mol. The molecular formula is C21H26N4. The van der Waals surface area contributed by atoms with E-state index in [1.807, 2.05) is 6.07 Å². The molecule has 1 aliphatic heterocycles. The smallest absolute Gasteiger partial charge is 0.128 e. The second-order valence-electron chi connectivity index (χ2n) is 7.12. The molecule has 25 heavy (non-hydrogen) atoms. The van der Waals surface area contributed by atoms with E-state index in [-0.39, 0.29) is 5.54 Å². The molecule has 0 amide bonds. The number of hydrogen-bond acceptors (Lipinski definition) is 4. The van der Waals surface area contributed by atoms with Crippen molar-refractivity contribution >= 4 is 17.2 Å². The van der Waals surface area contributed by atoms with Crippen LogP contribution < -0.4 is 16.4 Å². The van der Waals surface area contributed by atoms with Crippen LogP contribution in [0.2, 0.25) is 0 Å². The van der Waals surface area contributed by atoms with Gasteiger partial charge in [0.2, 0.25) is 0 Å². The van der Waals surface area contributed by atoms with Gasteiger partial charge in [-0.2, -0.15) is 0 Å². The molecule has 0 aromatic heterocycles. The van der Waals surface area contributed by atoms with Gasteiger partial charge >= 0.3 is 0 Å². The Morgan fingerprint density at radius 1 is 0.960 bits per heavy atom. The number of nitrogens with one attached hydrogen (secondary N) is 2. The van der Waals surface area contributed by atoms with Gasteiger partial charge in [0, 0.05) is 13.1 Å². The number of nitrogens with zero attached hydrogens (tertiary/aromatic N) is 1. The highest BCUT2D eigenvalue weighted by Gasteiger charge is 2.40. The Hall–Kier alpha value is -2.33. The van der Waals surface area contributed by atoms with Crippen LogP contribution >= 0.6 is 0 Å². The monoisotopic (exact) mass is 334 g/mol. The number of rotatable bonds is 3. The van der Waals surface area contributed by atoms with Crippen LogP contribution in [0, 0.1) is 0 Å². The Balaban J connectivity index is 1.58. The number of amidine groups is 1. The van der Waals surface area contributed by atoms with Gasteiger partial charge in [0.05, 0.1) is 16.9 Å². The highest BCUT2D eigenvalue weighted by Crippen LogP contribution is 2.40. The molecule has 1 aliphatic carbocycles. The molecule has 1 spiro atoms. The second-order valence-corrected chi connectivity index (χ2v) is 7.12. The number of nitrogens with two attached hydrogens (primary N) is 1. The van der Waals surface area contributed by atoms with Gasteiger partial charge < -0.3 is 16.4 Å². The van der Waals surface area contributed by atoms with E-state index in [0.29, 0.717) is 6.54 Å².